The van der Waals surface area contributed by atoms with Crippen LogP contribution in [0.4, 0.5) is 0 Å². The monoisotopic (exact) mass is 347 g/mol. The highest BCUT2D eigenvalue weighted by Crippen LogP contribution is 2.34. The lowest BCUT2D eigenvalue weighted by molar-refractivity contribution is 0.0939. The Morgan fingerprint density at radius 2 is 1.95 bits per heavy atom. The fraction of sp³-hybridized carbons (Fsp3) is 0.188. The van der Waals surface area contributed by atoms with E-state index in [0.717, 1.165) is 21.5 Å². The van der Waals surface area contributed by atoms with E-state index in [1.807, 2.05) is 43.3 Å². The summed E-state index contributed by atoms with van der Waals surface area (Å²) in [5, 5.41) is 2.98. The number of fused-ring (bicyclic) bond motifs is 1. The van der Waals surface area contributed by atoms with Crippen molar-refractivity contribution in [3.05, 3.63) is 58.1 Å². The molecule has 0 aromatic heterocycles. The number of carbonyl (C=O) groups is 1. The van der Waals surface area contributed by atoms with Crippen LogP contribution in [-0.4, -0.2) is 12.7 Å². The van der Waals surface area contributed by atoms with Crippen LogP contribution in [0.15, 0.2) is 46.9 Å². The van der Waals surface area contributed by atoms with Gasteiger partial charge in [-0.05, 0) is 52.7 Å². The van der Waals surface area contributed by atoms with Crippen molar-refractivity contribution in [3.8, 4) is 11.5 Å². The summed E-state index contributed by atoms with van der Waals surface area (Å²) in [5.74, 6) is 1.34. The van der Waals surface area contributed by atoms with E-state index in [1.165, 1.54) is 0 Å². The van der Waals surface area contributed by atoms with Gasteiger partial charge in [-0.1, -0.05) is 18.2 Å². The molecule has 1 aliphatic heterocycles. The molecule has 1 N–H and O–H groups in total. The van der Waals surface area contributed by atoms with Gasteiger partial charge in [0.05, 0.1) is 11.6 Å². The van der Waals surface area contributed by atoms with E-state index < -0.39 is 0 Å². The first-order valence-electron chi connectivity index (χ1n) is 6.60. The van der Waals surface area contributed by atoms with E-state index in [1.54, 1.807) is 6.07 Å². The molecule has 2 aromatic carbocycles. The lowest BCUT2D eigenvalue weighted by Crippen LogP contribution is -2.26. The molecule has 0 saturated carbocycles. The Morgan fingerprint density at radius 3 is 2.76 bits per heavy atom. The van der Waals surface area contributed by atoms with Crippen LogP contribution in [0.5, 0.6) is 11.5 Å². The van der Waals surface area contributed by atoms with Gasteiger partial charge in [0, 0.05) is 4.47 Å². The molecule has 1 aliphatic rings. The minimum atomic E-state index is -0.126. The Balaban J connectivity index is 1.76. The molecule has 108 valence electrons. The normalized spacial score (nSPS) is 13.8. The fourth-order valence-corrected chi connectivity index (χ4v) is 2.65. The van der Waals surface area contributed by atoms with Crippen LogP contribution >= 0.6 is 15.9 Å². The number of hydrogen-bond acceptors (Lipinski definition) is 3. The number of halogens is 1. The molecule has 0 saturated heterocycles. The lowest BCUT2D eigenvalue weighted by atomic mass is 10.1. The largest absolute Gasteiger partial charge is 0.454 e. The molecule has 1 unspecified atom stereocenters. The van der Waals surface area contributed by atoms with Crippen molar-refractivity contribution in [2.75, 3.05) is 6.79 Å². The number of nitrogens with one attached hydrogen (secondary N) is 1. The Hall–Kier alpha value is -2.01. The van der Waals surface area contributed by atoms with Gasteiger partial charge in [-0.15, -0.1) is 0 Å². The smallest absolute Gasteiger partial charge is 0.252 e. The van der Waals surface area contributed by atoms with Gasteiger partial charge >= 0.3 is 0 Å². The second-order valence-electron chi connectivity index (χ2n) is 4.79. The average Bonchev–Trinajstić information content (AvgIpc) is 2.94. The van der Waals surface area contributed by atoms with Crippen molar-refractivity contribution < 1.29 is 14.3 Å². The molecule has 0 fully saturated rings. The van der Waals surface area contributed by atoms with E-state index in [-0.39, 0.29) is 18.7 Å². The van der Waals surface area contributed by atoms with Crippen LogP contribution in [-0.2, 0) is 0 Å². The van der Waals surface area contributed by atoms with Gasteiger partial charge in [0.2, 0.25) is 6.79 Å². The molecule has 0 radical (unpaired) electrons. The highest BCUT2D eigenvalue weighted by atomic mass is 79.9. The van der Waals surface area contributed by atoms with Crippen molar-refractivity contribution in [1.29, 1.82) is 0 Å². The second kappa shape index (κ2) is 5.77. The third-order valence-electron chi connectivity index (χ3n) is 3.36. The quantitative estimate of drug-likeness (QED) is 0.921. The zero-order chi connectivity index (χ0) is 14.8. The average molecular weight is 348 g/mol. The molecule has 0 aliphatic carbocycles. The topological polar surface area (TPSA) is 47.6 Å². The second-order valence-corrected chi connectivity index (χ2v) is 5.64. The van der Waals surface area contributed by atoms with Crippen LogP contribution in [0.1, 0.15) is 28.9 Å². The van der Waals surface area contributed by atoms with E-state index in [2.05, 4.69) is 21.2 Å². The summed E-state index contributed by atoms with van der Waals surface area (Å²) in [6, 6.07) is 12.9. The fourth-order valence-electron chi connectivity index (χ4n) is 2.19. The van der Waals surface area contributed by atoms with E-state index in [4.69, 9.17) is 9.47 Å². The predicted octanol–water partition coefficient (Wildman–Crippen LogP) is 3.67. The molecule has 0 spiro atoms. The Morgan fingerprint density at radius 1 is 1.19 bits per heavy atom. The zero-order valence-electron chi connectivity index (χ0n) is 11.4. The summed E-state index contributed by atoms with van der Waals surface area (Å²) in [6.45, 7) is 2.18. The summed E-state index contributed by atoms with van der Waals surface area (Å²) in [7, 11) is 0. The first kappa shape index (κ1) is 13.9. The van der Waals surface area contributed by atoms with Crippen LogP contribution in [0.2, 0.25) is 0 Å². The standard InChI is InChI=1S/C16H14BrNO3/c1-10(11-6-7-14-15(8-11)21-9-20-14)18-16(19)12-4-2-3-5-13(12)17/h2-8,10H,9H2,1H3,(H,18,19). The van der Waals surface area contributed by atoms with Crippen LogP contribution in [0.3, 0.4) is 0 Å². The first-order chi connectivity index (χ1) is 10.1. The summed E-state index contributed by atoms with van der Waals surface area (Å²) in [6.07, 6.45) is 0. The van der Waals surface area contributed by atoms with Gasteiger partial charge in [0.1, 0.15) is 0 Å². The highest BCUT2D eigenvalue weighted by molar-refractivity contribution is 9.10. The van der Waals surface area contributed by atoms with Gasteiger partial charge in [0.15, 0.2) is 11.5 Å². The van der Waals surface area contributed by atoms with Gasteiger partial charge in [-0.25, -0.2) is 0 Å². The van der Waals surface area contributed by atoms with Gasteiger partial charge < -0.3 is 14.8 Å². The molecule has 5 heteroatoms. The molecule has 1 heterocycles. The summed E-state index contributed by atoms with van der Waals surface area (Å²) < 4.78 is 11.4. The Kier molecular flexibility index (Phi) is 3.84. The molecule has 4 nitrogen and oxygen atoms in total. The van der Waals surface area contributed by atoms with Crippen molar-refractivity contribution in [3.63, 3.8) is 0 Å². The molecule has 2 aromatic rings. The SMILES string of the molecule is CC(NC(=O)c1ccccc1Br)c1ccc2c(c1)OCO2. The Bertz CT molecular complexity index is 687. The molecular formula is C16H14BrNO3. The van der Waals surface area contributed by atoms with Crippen LogP contribution in [0, 0.1) is 0 Å². The van der Waals surface area contributed by atoms with E-state index in [0.29, 0.717) is 5.56 Å². The van der Waals surface area contributed by atoms with Gasteiger partial charge in [-0.3, -0.25) is 4.79 Å². The maximum Gasteiger partial charge on any atom is 0.252 e. The molecule has 21 heavy (non-hydrogen) atoms. The molecule has 1 atom stereocenters. The van der Waals surface area contributed by atoms with Crippen molar-refractivity contribution in [2.24, 2.45) is 0 Å². The maximum absolute atomic E-state index is 12.3. The number of hydrogen-bond donors (Lipinski definition) is 1. The summed E-state index contributed by atoms with van der Waals surface area (Å²) in [5.41, 5.74) is 1.59. The number of carbonyl (C=O) groups excluding carboxylic acids is 1. The van der Waals surface area contributed by atoms with Crippen LogP contribution < -0.4 is 14.8 Å². The number of amides is 1. The number of rotatable bonds is 3. The number of ether oxygens (including phenoxy) is 2. The third-order valence-corrected chi connectivity index (χ3v) is 4.05. The first-order valence-corrected chi connectivity index (χ1v) is 7.39. The minimum absolute atomic E-state index is 0.118. The van der Waals surface area contributed by atoms with Crippen molar-refractivity contribution in [1.82, 2.24) is 5.32 Å². The molecular weight excluding hydrogens is 334 g/mol. The lowest BCUT2D eigenvalue weighted by Gasteiger charge is -2.15. The summed E-state index contributed by atoms with van der Waals surface area (Å²) >= 11 is 3.39. The van der Waals surface area contributed by atoms with Gasteiger partial charge in [-0.2, -0.15) is 0 Å². The van der Waals surface area contributed by atoms with E-state index in [9.17, 15) is 4.79 Å². The Labute approximate surface area is 131 Å². The highest BCUT2D eigenvalue weighted by Gasteiger charge is 2.18. The molecule has 3 rings (SSSR count). The van der Waals surface area contributed by atoms with Crippen LogP contribution in [0.25, 0.3) is 0 Å². The minimum Gasteiger partial charge on any atom is -0.454 e. The molecule has 1 amide bonds. The molecule has 0 bridgehead atoms. The predicted molar refractivity (Wildman–Crippen MR) is 82.6 cm³/mol. The number of benzene rings is 2. The summed E-state index contributed by atoms with van der Waals surface area (Å²) in [4.78, 5) is 12.3. The van der Waals surface area contributed by atoms with Crippen molar-refractivity contribution >= 4 is 21.8 Å². The maximum atomic E-state index is 12.3. The van der Waals surface area contributed by atoms with E-state index >= 15 is 0 Å². The zero-order valence-corrected chi connectivity index (χ0v) is 13.0. The van der Waals surface area contributed by atoms with Crippen molar-refractivity contribution in [2.45, 2.75) is 13.0 Å². The van der Waals surface area contributed by atoms with Gasteiger partial charge in [0.25, 0.3) is 5.91 Å². The third kappa shape index (κ3) is 2.88.